The number of hydrogen-bond donors (Lipinski definition) is 1. The molecule has 0 spiro atoms. The Hall–Kier alpha value is -0.900. The largest absolute Gasteiger partial charge is 0.374 e. The molecule has 1 N–H and O–H groups in total. The molecule has 1 aromatic heterocycles. The van der Waals surface area contributed by atoms with Gasteiger partial charge in [-0.2, -0.15) is 5.10 Å². The first-order valence-corrected chi connectivity index (χ1v) is 3.67. The van der Waals surface area contributed by atoms with Crippen LogP contribution in [0.3, 0.4) is 0 Å². The summed E-state index contributed by atoms with van der Waals surface area (Å²) < 4.78 is 1.51. The van der Waals surface area contributed by atoms with E-state index in [2.05, 4.69) is 10.1 Å². The second-order valence-corrected chi connectivity index (χ2v) is 2.81. The number of aryl methyl sites for hydroxylation is 1. The molecule has 1 aromatic rings. The van der Waals surface area contributed by atoms with Gasteiger partial charge in [-0.15, -0.1) is 0 Å². The third-order valence-electron chi connectivity index (χ3n) is 1.46. The lowest BCUT2D eigenvalue weighted by molar-refractivity contribution is 0.189. The highest BCUT2D eigenvalue weighted by Crippen LogP contribution is 2.10. The molecule has 0 radical (unpaired) electrons. The van der Waals surface area contributed by atoms with Crippen LogP contribution in [0.2, 0.25) is 0 Å². The first-order valence-electron chi connectivity index (χ1n) is 3.67. The van der Waals surface area contributed by atoms with Crippen molar-refractivity contribution < 1.29 is 5.11 Å². The van der Waals surface area contributed by atoms with Gasteiger partial charge in [-0.3, -0.25) is 0 Å². The van der Waals surface area contributed by atoms with Gasteiger partial charge < -0.3 is 5.11 Å². The molecule has 0 amide bonds. The highest BCUT2D eigenvalue weighted by atomic mass is 16.3. The molecule has 0 aromatic carbocycles. The van der Waals surface area contributed by atoms with Gasteiger partial charge in [-0.1, -0.05) is 13.8 Å². The monoisotopic (exact) mass is 155 g/mol. The predicted octanol–water partition coefficient (Wildman–Crippen LogP) is 0.660. The fraction of sp³-hybridized carbons (Fsp3) is 0.714. The van der Waals surface area contributed by atoms with Gasteiger partial charge in [0.2, 0.25) is 0 Å². The molecule has 0 fully saturated rings. The molecule has 0 atom stereocenters. The molecular weight excluding hydrogens is 142 g/mol. The fourth-order valence-electron chi connectivity index (χ4n) is 1.00. The lowest BCUT2D eigenvalue weighted by Gasteiger charge is -2.03. The topological polar surface area (TPSA) is 50.9 Å². The van der Waals surface area contributed by atoms with Gasteiger partial charge in [0.1, 0.15) is 18.4 Å². The van der Waals surface area contributed by atoms with Crippen LogP contribution in [0.4, 0.5) is 0 Å². The summed E-state index contributed by atoms with van der Waals surface area (Å²) in [4.78, 5) is 4.17. The summed E-state index contributed by atoms with van der Waals surface area (Å²) in [5.74, 6) is 1.86. The van der Waals surface area contributed by atoms with Crippen LogP contribution in [0.25, 0.3) is 0 Å². The van der Waals surface area contributed by atoms with E-state index in [4.69, 9.17) is 5.11 Å². The van der Waals surface area contributed by atoms with Crippen molar-refractivity contribution in [2.75, 3.05) is 0 Å². The third-order valence-corrected chi connectivity index (χ3v) is 1.46. The molecule has 0 bridgehead atoms. The number of aliphatic hydroxyl groups is 1. The van der Waals surface area contributed by atoms with E-state index in [0.29, 0.717) is 11.7 Å². The van der Waals surface area contributed by atoms with Crippen molar-refractivity contribution in [3.63, 3.8) is 0 Å². The second-order valence-electron chi connectivity index (χ2n) is 2.81. The molecule has 11 heavy (non-hydrogen) atoms. The Morgan fingerprint density at radius 3 is 2.55 bits per heavy atom. The maximum Gasteiger partial charge on any atom is 0.147 e. The van der Waals surface area contributed by atoms with Gasteiger partial charge in [0.15, 0.2) is 0 Å². The number of rotatable bonds is 2. The molecule has 1 rings (SSSR count). The number of nitrogens with zero attached hydrogens (tertiary/aromatic N) is 3. The predicted molar refractivity (Wildman–Crippen MR) is 41.1 cm³/mol. The molecule has 1 heterocycles. The van der Waals surface area contributed by atoms with E-state index in [1.165, 1.54) is 4.68 Å². The van der Waals surface area contributed by atoms with Crippen LogP contribution < -0.4 is 0 Å². The van der Waals surface area contributed by atoms with Gasteiger partial charge in [0, 0.05) is 5.92 Å². The minimum atomic E-state index is -0.0889. The van der Waals surface area contributed by atoms with E-state index in [0.717, 1.165) is 5.82 Å². The van der Waals surface area contributed by atoms with Gasteiger partial charge in [-0.05, 0) is 6.92 Å². The van der Waals surface area contributed by atoms with E-state index in [1.807, 2.05) is 20.8 Å². The second kappa shape index (κ2) is 3.00. The Morgan fingerprint density at radius 2 is 2.18 bits per heavy atom. The summed E-state index contributed by atoms with van der Waals surface area (Å²) in [7, 11) is 0. The Bertz CT molecular complexity index is 242. The van der Waals surface area contributed by atoms with Crippen LogP contribution in [0.1, 0.15) is 31.4 Å². The molecule has 0 aliphatic carbocycles. The Balaban J connectivity index is 3.02. The highest BCUT2D eigenvalue weighted by molar-refractivity contribution is 4.95. The van der Waals surface area contributed by atoms with Gasteiger partial charge >= 0.3 is 0 Å². The van der Waals surface area contributed by atoms with E-state index < -0.39 is 0 Å². The van der Waals surface area contributed by atoms with Crippen LogP contribution in [0.5, 0.6) is 0 Å². The van der Waals surface area contributed by atoms with Crippen molar-refractivity contribution >= 4 is 0 Å². The number of aliphatic hydroxyl groups excluding tert-OH is 1. The average molecular weight is 155 g/mol. The quantitative estimate of drug-likeness (QED) is 0.682. The summed E-state index contributed by atoms with van der Waals surface area (Å²) in [5, 5.41) is 12.8. The van der Waals surface area contributed by atoms with Crippen molar-refractivity contribution in [2.45, 2.75) is 33.4 Å². The normalized spacial score (nSPS) is 11.0. The van der Waals surface area contributed by atoms with Gasteiger partial charge in [-0.25, -0.2) is 9.67 Å². The molecule has 4 heteroatoms. The van der Waals surface area contributed by atoms with Crippen molar-refractivity contribution in [3.05, 3.63) is 11.6 Å². The maximum atomic E-state index is 8.84. The molecule has 0 saturated heterocycles. The average Bonchev–Trinajstić information content (AvgIpc) is 2.30. The van der Waals surface area contributed by atoms with Crippen LogP contribution >= 0.6 is 0 Å². The molecule has 0 saturated carbocycles. The molecule has 0 unspecified atom stereocenters. The van der Waals surface area contributed by atoms with E-state index >= 15 is 0 Å². The van der Waals surface area contributed by atoms with Gasteiger partial charge in [0.25, 0.3) is 0 Å². The summed E-state index contributed by atoms with van der Waals surface area (Å²) >= 11 is 0. The lowest BCUT2D eigenvalue weighted by atomic mass is 10.2. The molecule has 0 aliphatic rings. The van der Waals surface area contributed by atoms with Gasteiger partial charge in [0.05, 0.1) is 0 Å². The Kier molecular flexibility index (Phi) is 2.24. The van der Waals surface area contributed by atoms with E-state index in [9.17, 15) is 0 Å². The first kappa shape index (κ1) is 8.20. The third kappa shape index (κ3) is 1.57. The number of aromatic nitrogens is 3. The van der Waals surface area contributed by atoms with Crippen LogP contribution in [0, 0.1) is 6.92 Å². The van der Waals surface area contributed by atoms with Crippen LogP contribution in [-0.4, -0.2) is 19.9 Å². The zero-order valence-electron chi connectivity index (χ0n) is 7.07. The summed E-state index contributed by atoms with van der Waals surface area (Å²) in [5.41, 5.74) is 0. The smallest absolute Gasteiger partial charge is 0.147 e. The zero-order valence-corrected chi connectivity index (χ0v) is 7.07. The summed E-state index contributed by atoms with van der Waals surface area (Å²) in [6.45, 7) is 5.78. The van der Waals surface area contributed by atoms with Crippen molar-refractivity contribution in [3.8, 4) is 0 Å². The van der Waals surface area contributed by atoms with Crippen molar-refractivity contribution in [2.24, 2.45) is 0 Å². The van der Waals surface area contributed by atoms with E-state index in [1.54, 1.807) is 0 Å². The molecular formula is C7H13N3O. The number of hydrogen-bond acceptors (Lipinski definition) is 3. The first-order chi connectivity index (χ1) is 5.15. The molecule has 0 aliphatic heterocycles. The standard InChI is InChI=1S/C7H13N3O/c1-5(2)7-8-6(3)9-10(7)4-11/h5,11H,4H2,1-3H3. The van der Waals surface area contributed by atoms with Crippen molar-refractivity contribution in [1.29, 1.82) is 0 Å². The van der Waals surface area contributed by atoms with Crippen LogP contribution in [-0.2, 0) is 6.73 Å². The lowest BCUT2D eigenvalue weighted by Crippen LogP contribution is -2.06. The zero-order chi connectivity index (χ0) is 8.43. The fourth-order valence-corrected chi connectivity index (χ4v) is 1.00. The summed E-state index contributed by atoms with van der Waals surface area (Å²) in [6.07, 6.45) is 0. The maximum absolute atomic E-state index is 8.84. The van der Waals surface area contributed by atoms with Crippen LogP contribution in [0.15, 0.2) is 0 Å². The Morgan fingerprint density at radius 1 is 1.55 bits per heavy atom. The minimum absolute atomic E-state index is 0.0889. The summed E-state index contributed by atoms with van der Waals surface area (Å²) in [6, 6.07) is 0. The SMILES string of the molecule is Cc1nc(C(C)C)n(CO)n1. The molecule has 62 valence electrons. The Labute approximate surface area is 65.9 Å². The van der Waals surface area contributed by atoms with Crippen molar-refractivity contribution in [1.82, 2.24) is 14.8 Å². The van der Waals surface area contributed by atoms with E-state index in [-0.39, 0.29) is 6.73 Å². The highest BCUT2D eigenvalue weighted by Gasteiger charge is 2.09. The minimum Gasteiger partial charge on any atom is -0.374 e. The molecule has 4 nitrogen and oxygen atoms in total.